The molecule has 0 bridgehead atoms. The van der Waals surface area contributed by atoms with Gasteiger partial charge in [-0.1, -0.05) is 13.8 Å². The molecule has 3 heteroatoms. The van der Waals surface area contributed by atoms with Gasteiger partial charge in [0.25, 0.3) is 0 Å². The van der Waals surface area contributed by atoms with Crippen molar-refractivity contribution in [2.75, 3.05) is 19.6 Å². The Morgan fingerprint density at radius 2 is 1.82 bits per heavy atom. The predicted molar refractivity (Wildman–Crippen MR) is 71.6 cm³/mol. The maximum Gasteiger partial charge on any atom is 0.178 e. The average molecular weight is 236 g/mol. The molecule has 1 aromatic heterocycles. The number of carbonyl (C=O) groups is 1. The second-order valence-electron chi connectivity index (χ2n) is 4.69. The van der Waals surface area contributed by atoms with E-state index in [0.717, 1.165) is 42.9 Å². The number of aromatic nitrogens is 1. The van der Waals surface area contributed by atoms with E-state index in [1.165, 1.54) is 0 Å². The second kappa shape index (κ2) is 6.60. The van der Waals surface area contributed by atoms with Crippen LogP contribution < -0.4 is 0 Å². The summed E-state index contributed by atoms with van der Waals surface area (Å²) in [7, 11) is 0. The molecule has 0 aliphatic rings. The van der Waals surface area contributed by atoms with Gasteiger partial charge in [0.15, 0.2) is 5.78 Å². The number of hydrogen-bond donors (Lipinski definition) is 1. The van der Waals surface area contributed by atoms with Crippen LogP contribution in [0.15, 0.2) is 6.07 Å². The minimum absolute atomic E-state index is 0.230. The Labute approximate surface area is 104 Å². The van der Waals surface area contributed by atoms with Crippen molar-refractivity contribution in [1.29, 1.82) is 0 Å². The summed E-state index contributed by atoms with van der Waals surface area (Å²) in [6.45, 7) is 10.8. The van der Waals surface area contributed by atoms with Crippen LogP contribution in [0.1, 0.15) is 48.4 Å². The van der Waals surface area contributed by atoms with E-state index < -0.39 is 0 Å². The molecule has 96 valence electrons. The van der Waals surface area contributed by atoms with Gasteiger partial charge in [-0.05, 0) is 45.8 Å². The van der Waals surface area contributed by atoms with Gasteiger partial charge in [0, 0.05) is 17.0 Å². The van der Waals surface area contributed by atoms with E-state index in [-0.39, 0.29) is 5.78 Å². The smallest absolute Gasteiger partial charge is 0.178 e. The summed E-state index contributed by atoms with van der Waals surface area (Å²) >= 11 is 0. The lowest BCUT2D eigenvalue weighted by atomic mass is 10.1. The van der Waals surface area contributed by atoms with Crippen LogP contribution in [0.2, 0.25) is 0 Å². The molecular formula is C14H24N2O. The molecule has 0 spiro atoms. The number of H-pyrrole nitrogens is 1. The summed E-state index contributed by atoms with van der Waals surface area (Å²) < 4.78 is 0. The highest BCUT2D eigenvalue weighted by Crippen LogP contribution is 2.11. The van der Waals surface area contributed by atoms with Crippen LogP contribution in [-0.4, -0.2) is 35.3 Å². The van der Waals surface area contributed by atoms with Gasteiger partial charge in [0.05, 0.1) is 6.54 Å². The molecule has 1 rings (SSSR count). The van der Waals surface area contributed by atoms with Crippen molar-refractivity contribution in [2.24, 2.45) is 0 Å². The van der Waals surface area contributed by atoms with Crippen LogP contribution >= 0.6 is 0 Å². The van der Waals surface area contributed by atoms with Crippen LogP contribution in [0.4, 0.5) is 0 Å². The minimum Gasteiger partial charge on any atom is -0.362 e. The second-order valence-corrected chi connectivity index (χ2v) is 4.69. The number of carbonyl (C=O) groups excluding carboxylic acids is 1. The number of nitrogens with zero attached hydrogens (tertiary/aromatic N) is 1. The van der Waals surface area contributed by atoms with Crippen LogP contribution in [-0.2, 0) is 0 Å². The van der Waals surface area contributed by atoms with Crippen molar-refractivity contribution in [3.8, 4) is 0 Å². The molecule has 17 heavy (non-hydrogen) atoms. The van der Waals surface area contributed by atoms with Gasteiger partial charge in [-0.25, -0.2) is 0 Å². The molecule has 1 aromatic rings. The van der Waals surface area contributed by atoms with E-state index in [2.05, 4.69) is 23.7 Å². The third kappa shape index (κ3) is 4.00. The highest BCUT2D eigenvalue weighted by molar-refractivity contribution is 5.98. The van der Waals surface area contributed by atoms with Gasteiger partial charge in [-0.15, -0.1) is 0 Å². The zero-order valence-corrected chi connectivity index (χ0v) is 11.5. The van der Waals surface area contributed by atoms with Crippen LogP contribution in [0, 0.1) is 13.8 Å². The van der Waals surface area contributed by atoms with Crippen molar-refractivity contribution < 1.29 is 4.79 Å². The van der Waals surface area contributed by atoms with Crippen molar-refractivity contribution in [2.45, 2.75) is 40.5 Å². The van der Waals surface area contributed by atoms with E-state index in [9.17, 15) is 4.79 Å². The highest BCUT2D eigenvalue weighted by atomic mass is 16.1. The number of Topliss-reactive ketones (excluding diaryl/α,β-unsaturated/α-hetero) is 1. The fourth-order valence-electron chi connectivity index (χ4n) is 2.20. The molecule has 0 radical (unpaired) electrons. The van der Waals surface area contributed by atoms with E-state index in [1.807, 2.05) is 19.9 Å². The molecule has 0 saturated carbocycles. The lowest BCUT2D eigenvalue weighted by molar-refractivity contribution is 0.0930. The Bertz CT molecular complexity index is 362. The first-order chi connectivity index (χ1) is 8.08. The molecular weight excluding hydrogens is 212 g/mol. The van der Waals surface area contributed by atoms with Crippen molar-refractivity contribution in [3.63, 3.8) is 0 Å². The van der Waals surface area contributed by atoms with Crippen molar-refractivity contribution in [3.05, 3.63) is 23.0 Å². The van der Waals surface area contributed by atoms with E-state index >= 15 is 0 Å². The number of ketones is 1. The van der Waals surface area contributed by atoms with E-state index in [4.69, 9.17) is 0 Å². The minimum atomic E-state index is 0.230. The summed E-state index contributed by atoms with van der Waals surface area (Å²) in [5.41, 5.74) is 2.89. The summed E-state index contributed by atoms with van der Waals surface area (Å²) in [6.07, 6.45) is 2.19. The Hall–Kier alpha value is -1.09. The zero-order chi connectivity index (χ0) is 12.8. The predicted octanol–water partition coefficient (Wildman–Crippen LogP) is 2.94. The lowest BCUT2D eigenvalue weighted by Gasteiger charge is -2.19. The summed E-state index contributed by atoms with van der Waals surface area (Å²) in [5.74, 6) is 0.230. The number of nitrogens with one attached hydrogen (secondary N) is 1. The van der Waals surface area contributed by atoms with Gasteiger partial charge < -0.3 is 4.98 Å². The molecule has 0 atom stereocenters. The molecule has 0 saturated heterocycles. The maximum absolute atomic E-state index is 12.2. The Balaban J connectivity index is 2.66. The third-order valence-corrected chi connectivity index (χ3v) is 2.90. The molecule has 0 aliphatic carbocycles. The van der Waals surface area contributed by atoms with Gasteiger partial charge in [0.2, 0.25) is 0 Å². The fraction of sp³-hybridized carbons (Fsp3) is 0.643. The topological polar surface area (TPSA) is 36.1 Å². The normalized spacial score (nSPS) is 11.1. The molecule has 0 fully saturated rings. The van der Waals surface area contributed by atoms with Crippen molar-refractivity contribution >= 4 is 5.78 Å². The van der Waals surface area contributed by atoms with Crippen LogP contribution in [0.5, 0.6) is 0 Å². The lowest BCUT2D eigenvalue weighted by Crippen LogP contribution is -2.31. The molecule has 3 nitrogen and oxygen atoms in total. The summed E-state index contributed by atoms with van der Waals surface area (Å²) in [6, 6.07) is 1.95. The van der Waals surface area contributed by atoms with Gasteiger partial charge in [-0.3, -0.25) is 9.69 Å². The zero-order valence-electron chi connectivity index (χ0n) is 11.5. The standard InChI is InChI=1S/C14H24N2O/c1-5-7-16(8-6-2)10-14(17)13-9-11(3)15-12(13)4/h9,15H,5-8,10H2,1-4H3. The monoisotopic (exact) mass is 236 g/mol. The third-order valence-electron chi connectivity index (χ3n) is 2.90. The maximum atomic E-state index is 12.2. The largest absolute Gasteiger partial charge is 0.362 e. The quantitative estimate of drug-likeness (QED) is 0.739. The highest BCUT2D eigenvalue weighted by Gasteiger charge is 2.14. The molecule has 0 aromatic carbocycles. The van der Waals surface area contributed by atoms with Gasteiger partial charge in [0.1, 0.15) is 0 Å². The number of aromatic amines is 1. The van der Waals surface area contributed by atoms with Crippen molar-refractivity contribution in [1.82, 2.24) is 9.88 Å². The molecule has 0 aliphatic heterocycles. The SMILES string of the molecule is CCCN(CCC)CC(=O)c1cc(C)[nH]c1C. The first-order valence-electron chi connectivity index (χ1n) is 6.50. The molecule has 0 amide bonds. The van der Waals surface area contributed by atoms with Gasteiger partial charge >= 0.3 is 0 Å². The Morgan fingerprint density at radius 3 is 2.24 bits per heavy atom. The molecule has 1 N–H and O–H groups in total. The first-order valence-corrected chi connectivity index (χ1v) is 6.50. The summed E-state index contributed by atoms with van der Waals surface area (Å²) in [4.78, 5) is 17.6. The first kappa shape index (κ1) is 14.0. The number of rotatable bonds is 7. The summed E-state index contributed by atoms with van der Waals surface area (Å²) in [5, 5.41) is 0. The Morgan fingerprint density at radius 1 is 1.24 bits per heavy atom. The van der Waals surface area contributed by atoms with E-state index in [1.54, 1.807) is 0 Å². The molecule has 0 unspecified atom stereocenters. The number of aryl methyl sites for hydroxylation is 2. The van der Waals surface area contributed by atoms with Gasteiger partial charge in [-0.2, -0.15) is 0 Å². The van der Waals surface area contributed by atoms with Crippen LogP contribution in [0.25, 0.3) is 0 Å². The van der Waals surface area contributed by atoms with E-state index in [0.29, 0.717) is 6.54 Å². The Kier molecular flexibility index (Phi) is 5.42. The van der Waals surface area contributed by atoms with Crippen LogP contribution in [0.3, 0.4) is 0 Å². The average Bonchev–Trinajstić information content (AvgIpc) is 2.58. The number of hydrogen-bond acceptors (Lipinski definition) is 2. The molecule has 1 heterocycles. The fourth-order valence-corrected chi connectivity index (χ4v) is 2.20.